The highest BCUT2D eigenvalue weighted by atomic mass is 19.1. The van der Waals surface area contributed by atoms with Crippen LogP contribution in [0.15, 0.2) is 42.5 Å². The fourth-order valence-corrected chi connectivity index (χ4v) is 2.48. The van der Waals surface area contributed by atoms with Crippen LogP contribution in [0.5, 0.6) is 11.5 Å². The number of ether oxygens (including phenoxy) is 2. The molecule has 1 heterocycles. The van der Waals surface area contributed by atoms with E-state index in [-0.39, 0.29) is 18.3 Å². The molecule has 1 aliphatic heterocycles. The van der Waals surface area contributed by atoms with E-state index in [0.717, 1.165) is 30.8 Å². The number of halogens is 1. The maximum Gasteiger partial charge on any atom is 0.258 e. The topological polar surface area (TPSA) is 47.6 Å². The van der Waals surface area contributed by atoms with Crippen LogP contribution in [0.3, 0.4) is 0 Å². The van der Waals surface area contributed by atoms with Gasteiger partial charge in [0.25, 0.3) is 5.91 Å². The summed E-state index contributed by atoms with van der Waals surface area (Å²) >= 11 is 0. The van der Waals surface area contributed by atoms with Crippen LogP contribution in [0.2, 0.25) is 0 Å². The molecule has 5 heteroatoms. The highest BCUT2D eigenvalue weighted by Gasteiger charge is 2.11. The molecular formula is C18H18FNO3. The van der Waals surface area contributed by atoms with Gasteiger partial charge in [0, 0.05) is 6.54 Å². The number of carbonyl (C=O) groups is 1. The van der Waals surface area contributed by atoms with E-state index in [0.29, 0.717) is 6.54 Å². The van der Waals surface area contributed by atoms with Crippen molar-refractivity contribution in [1.29, 1.82) is 0 Å². The van der Waals surface area contributed by atoms with Crippen molar-refractivity contribution >= 4 is 5.91 Å². The molecule has 0 atom stereocenters. The molecule has 0 unspecified atom stereocenters. The second kappa shape index (κ2) is 7.13. The predicted molar refractivity (Wildman–Crippen MR) is 84.0 cm³/mol. The second-order valence-electron chi connectivity index (χ2n) is 5.39. The summed E-state index contributed by atoms with van der Waals surface area (Å²) in [4.78, 5) is 11.8. The predicted octanol–water partition coefficient (Wildman–Crippen LogP) is 2.85. The number of rotatable bonds is 5. The summed E-state index contributed by atoms with van der Waals surface area (Å²) < 4.78 is 24.1. The third kappa shape index (κ3) is 4.00. The molecule has 120 valence electrons. The van der Waals surface area contributed by atoms with Crippen molar-refractivity contribution in [2.75, 3.05) is 13.2 Å². The van der Waals surface area contributed by atoms with Crippen LogP contribution in [0.1, 0.15) is 17.5 Å². The van der Waals surface area contributed by atoms with Gasteiger partial charge < -0.3 is 14.8 Å². The standard InChI is InChI=1S/C18H18FNO3/c19-15-5-1-2-6-17(15)23-12-18(21)20-11-13-7-8-16-14(10-13)4-3-9-22-16/h1-2,5-8,10H,3-4,9,11-12H2,(H,20,21). The monoisotopic (exact) mass is 315 g/mol. The molecule has 0 aromatic heterocycles. The number of para-hydroxylation sites is 1. The fourth-order valence-electron chi connectivity index (χ4n) is 2.48. The summed E-state index contributed by atoms with van der Waals surface area (Å²) in [6.07, 6.45) is 2.01. The Morgan fingerprint density at radius 3 is 3.00 bits per heavy atom. The van der Waals surface area contributed by atoms with Gasteiger partial charge in [-0.15, -0.1) is 0 Å². The maximum atomic E-state index is 13.4. The van der Waals surface area contributed by atoms with Gasteiger partial charge in [-0.25, -0.2) is 4.39 Å². The van der Waals surface area contributed by atoms with Gasteiger partial charge in [-0.3, -0.25) is 4.79 Å². The van der Waals surface area contributed by atoms with E-state index in [4.69, 9.17) is 9.47 Å². The minimum absolute atomic E-state index is 0.0774. The van der Waals surface area contributed by atoms with Crippen molar-refractivity contribution in [2.45, 2.75) is 19.4 Å². The van der Waals surface area contributed by atoms with E-state index in [1.807, 2.05) is 18.2 Å². The zero-order valence-corrected chi connectivity index (χ0v) is 12.7. The van der Waals surface area contributed by atoms with Gasteiger partial charge in [0.05, 0.1) is 6.61 Å². The van der Waals surface area contributed by atoms with Crippen LogP contribution in [0.4, 0.5) is 4.39 Å². The zero-order valence-electron chi connectivity index (χ0n) is 12.7. The Morgan fingerprint density at radius 2 is 2.13 bits per heavy atom. The van der Waals surface area contributed by atoms with Crippen molar-refractivity contribution in [2.24, 2.45) is 0 Å². The SMILES string of the molecule is O=C(COc1ccccc1F)NCc1ccc2c(c1)CCCO2. The number of benzene rings is 2. The van der Waals surface area contributed by atoms with Gasteiger partial charge in [0.15, 0.2) is 18.2 Å². The third-order valence-electron chi connectivity index (χ3n) is 3.66. The summed E-state index contributed by atoms with van der Waals surface area (Å²) in [6, 6.07) is 11.9. The second-order valence-corrected chi connectivity index (χ2v) is 5.39. The van der Waals surface area contributed by atoms with E-state index in [1.165, 1.54) is 17.7 Å². The maximum absolute atomic E-state index is 13.4. The van der Waals surface area contributed by atoms with E-state index in [1.54, 1.807) is 12.1 Å². The summed E-state index contributed by atoms with van der Waals surface area (Å²) in [5.74, 6) is 0.236. The molecule has 2 aromatic rings. The van der Waals surface area contributed by atoms with Crippen LogP contribution in [-0.2, 0) is 17.8 Å². The lowest BCUT2D eigenvalue weighted by Crippen LogP contribution is -2.28. The minimum atomic E-state index is -0.477. The van der Waals surface area contributed by atoms with Crippen LogP contribution in [0.25, 0.3) is 0 Å². The molecule has 1 aliphatic rings. The molecule has 23 heavy (non-hydrogen) atoms. The lowest BCUT2D eigenvalue weighted by Gasteiger charge is -2.18. The molecular weight excluding hydrogens is 297 g/mol. The van der Waals surface area contributed by atoms with Crippen molar-refractivity contribution in [3.8, 4) is 11.5 Å². The number of aryl methyl sites for hydroxylation is 1. The molecule has 0 aliphatic carbocycles. The van der Waals surface area contributed by atoms with Crippen molar-refractivity contribution in [3.05, 3.63) is 59.4 Å². The average Bonchev–Trinajstić information content (AvgIpc) is 2.59. The molecule has 0 saturated carbocycles. The molecule has 1 amide bonds. The number of amides is 1. The van der Waals surface area contributed by atoms with E-state index >= 15 is 0 Å². The first-order valence-corrected chi connectivity index (χ1v) is 7.61. The van der Waals surface area contributed by atoms with Crippen molar-refractivity contribution in [1.82, 2.24) is 5.32 Å². The summed E-state index contributed by atoms with van der Waals surface area (Å²) in [7, 11) is 0. The molecule has 1 N–H and O–H groups in total. The molecule has 0 fully saturated rings. The van der Waals surface area contributed by atoms with Gasteiger partial charge in [0.1, 0.15) is 5.75 Å². The van der Waals surface area contributed by atoms with Gasteiger partial charge in [-0.05, 0) is 42.2 Å². The molecule has 0 bridgehead atoms. The Hall–Kier alpha value is -2.56. The molecule has 4 nitrogen and oxygen atoms in total. The number of fused-ring (bicyclic) bond motifs is 1. The van der Waals surface area contributed by atoms with Crippen LogP contribution in [0, 0.1) is 5.82 Å². The molecule has 3 rings (SSSR count). The van der Waals surface area contributed by atoms with Crippen molar-refractivity contribution in [3.63, 3.8) is 0 Å². The minimum Gasteiger partial charge on any atom is -0.493 e. The first-order valence-electron chi connectivity index (χ1n) is 7.61. The smallest absolute Gasteiger partial charge is 0.258 e. The summed E-state index contributed by atoms with van der Waals surface area (Å²) in [6.45, 7) is 0.957. The normalized spacial score (nSPS) is 12.9. The Kier molecular flexibility index (Phi) is 4.76. The van der Waals surface area contributed by atoms with Crippen LogP contribution < -0.4 is 14.8 Å². The number of carbonyl (C=O) groups excluding carboxylic acids is 1. The number of hydrogen-bond acceptors (Lipinski definition) is 3. The molecule has 2 aromatic carbocycles. The summed E-state index contributed by atoms with van der Waals surface area (Å²) in [5.41, 5.74) is 2.18. The first-order chi connectivity index (χ1) is 11.2. The van der Waals surface area contributed by atoms with Gasteiger partial charge in [0.2, 0.25) is 0 Å². The number of hydrogen-bond donors (Lipinski definition) is 1. The highest BCUT2D eigenvalue weighted by Crippen LogP contribution is 2.25. The first kappa shape index (κ1) is 15.3. The third-order valence-corrected chi connectivity index (χ3v) is 3.66. The van der Waals surface area contributed by atoms with Gasteiger partial charge >= 0.3 is 0 Å². The lowest BCUT2D eigenvalue weighted by molar-refractivity contribution is -0.123. The van der Waals surface area contributed by atoms with Crippen LogP contribution in [-0.4, -0.2) is 19.1 Å². The number of nitrogens with one attached hydrogen (secondary N) is 1. The van der Waals surface area contributed by atoms with E-state index in [9.17, 15) is 9.18 Å². The highest BCUT2D eigenvalue weighted by molar-refractivity contribution is 5.77. The average molecular weight is 315 g/mol. The van der Waals surface area contributed by atoms with E-state index < -0.39 is 5.82 Å². The van der Waals surface area contributed by atoms with Gasteiger partial charge in [-0.1, -0.05) is 24.3 Å². The quantitative estimate of drug-likeness (QED) is 0.923. The molecule has 0 spiro atoms. The Balaban J connectivity index is 1.50. The van der Waals surface area contributed by atoms with E-state index in [2.05, 4.69) is 5.32 Å². The zero-order chi connectivity index (χ0) is 16.1. The Morgan fingerprint density at radius 1 is 1.26 bits per heavy atom. The molecule has 0 saturated heterocycles. The van der Waals surface area contributed by atoms with Crippen LogP contribution >= 0.6 is 0 Å². The Labute approximate surface area is 134 Å². The van der Waals surface area contributed by atoms with Crippen molar-refractivity contribution < 1.29 is 18.7 Å². The van der Waals surface area contributed by atoms with Gasteiger partial charge in [-0.2, -0.15) is 0 Å². The largest absolute Gasteiger partial charge is 0.493 e. The summed E-state index contributed by atoms with van der Waals surface area (Å²) in [5, 5.41) is 2.77. The lowest BCUT2D eigenvalue weighted by atomic mass is 10.0. The Bertz CT molecular complexity index is 702. The fraction of sp³-hybridized carbons (Fsp3) is 0.278. The molecule has 0 radical (unpaired) electrons.